The predicted molar refractivity (Wildman–Crippen MR) is 146 cm³/mol. The number of benzene rings is 2. The lowest BCUT2D eigenvalue weighted by molar-refractivity contribution is -0.123. The van der Waals surface area contributed by atoms with Crippen molar-refractivity contribution in [3.8, 4) is 34.2 Å². The summed E-state index contributed by atoms with van der Waals surface area (Å²) in [4.78, 5) is 39.3. The second-order valence-corrected chi connectivity index (χ2v) is 9.52. The maximum absolute atomic E-state index is 13.2. The Morgan fingerprint density at radius 1 is 0.900 bits per heavy atom. The van der Waals surface area contributed by atoms with Gasteiger partial charge >= 0.3 is 5.97 Å². The Bertz CT molecular complexity index is 1820. The van der Waals surface area contributed by atoms with Crippen LogP contribution in [0, 0.1) is 5.82 Å². The molecule has 4 heterocycles. The summed E-state index contributed by atoms with van der Waals surface area (Å²) in [7, 11) is 0. The van der Waals surface area contributed by atoms with E-state index in [1.54, 1.807) is 66.2 Å². The summed E-state index contributed by atoms with van der Waals surface area (Å²) < 4.78 is 29.7. The van der Waals surface area contributed by atoms with Crippen molar-refractivity contribution in [3.63, 3.8) is 0 Å². The highest BCUT2D eigenvalue weighted by Crippen LogP contribution is 2.32. The standard InChI is InChI=1S/C29H19FN4O5S/c1-16(27(35)34-29-33-22(15-40-29)17-6-9-19(30)10-7-17)39-28(36)18-8-11-20-21(14-18)32-26(24-5-3-13-38-24)25(31-20)23-4-2-12-37-23/h2-16H,1H3,(H,33,34,35). The first-order valence-electron chi connectivity index (χ1n) is 12.1. The van der Waals surface area contributed by atoms with E-state index in [1.165, 1.54) is 36.7 Å². The lowest BCUT2D eigenvalue weighted by Gasteiger charge is -2.13. The zero-order valence-electron chi connectivity index (χ0n) is 20.8. The monoisotopic (exact) mass is 554 g/mol. The first kappa shape index (κ1) is 25.1. The van der Waals surface area contributed by atoms with Crippen LogP contribution < -0.4 is 5.32 Å². The number of hydrogen-bond donors (Lipinski definition) is 1. The van der Waals surface area contributed by atoms with Gasteiger partial charge in [-0.1, -0.05) is 0 Å². The number of fused-ring (bicyclic) bond motifs is 1. The molecular formula is C29H19FN4O5S. The minimum absolute atomic E-state index is 0.199. The van der Waals surface area contributed by atoms with Gasteiger partial charge in [0, 0.05) is 10.9 Å². The number of carbonyl (C=O) groups excluding carboxylic acids is 2. The van der Waals surface area contributed by atoms with Crippen molar-refractivity contribution in [2.45, 2.75) is 13.0 Å². The van der Waals surface area contributed by atoms with Gasteiger partial charge in [-0.15, -0.1) is 11.3 Å². The summed E-state index contributed by atoms with van der Waals surface area (Å²) in [5.41, 5.74) is 3.42. The van der Waals surface area contributed by atoms with Crippen LogP contribution in [0.3, 0.4) is 0 Å². The van der Waals surface area contributed by atoms with Crippen molar-refractivity contribution >= 4 is 39.4 Å². The number of nitrogens with one attached hydrogen (secondary N) is 1. The molecule has 9 nitrogen and oxygen atoms in total. The van der Waals surface area contributed by atoms with Crippen LogP contribution in [0.2, 0.25) is 0 Å². The Hall–Kier alpha value is -5.16. The summed E-state index contributed by atoms with van der Waals surface area (Å²) in [5.74, 6) is -0.583. The lowest BCUT2D eigenvalue weighted by atomic mass is 10.1. The largest absolute Gasteiger partial charge is 0.463 e. The van der Waals surface area contributed by atoms with E-state index in [-0.39, 0.29) is 11.4 Å². The van der Waals surface area contributed by atoms with Crippen LogP contribution in [0.5, 0.6) is 0 Å². The molecule has 40 heavy (non-hydrogen) atoms. The van der Waals surface area contributed by atoms with E-state index in [9.17, 15) is 14.0 Å². The minimum Gasteiger partial charge on any atom is -0.463 e. The molecule has 0 aliphatic carbocycles. The van der Waals surface area contributed by atoms with Crippen LogP contribution >= 0.6 is 11.3 Å². The zero-order valence-corrected chi connectivity index (χ0v) is 21.6. The average Bonchev–Trinajstić information content (AvgIpc) is 3.76. The molecule has 1 amide bonds. The van der Waals surface area contributed by atoms with Crippen molar-refractivity contribution in [1.29, 1.82) is 0 Å². The average molecular weight is 555 g/mol. The van der Waals surface area contributed by atoms with Crippen molar-refractivity contribution in [2.24, 2.45) is 0 Å². The molecule has 0 fully saturated rings. The molecule has 11 heteroatoms. The molecule has 0 aliphatic heterocycles. The molecule has 0 saturated heterocycles. The van der Waals surface area contributed by atoms with E-state index >= 15 is 0 Å². The maximum Gasteiger partial charge on any atom is 0.338 e. The minimum atomic E-state index is -1.10. The third-order valence-corrected chi connectivity index (χ3v) is 6.69. The Morgan fingerprint density at radius 2 is 1.57 bits per heavy atom. The van der Waals surface area contributed by atoms with Gasteiger partial charge in [0.15, 0.2) is 22.8 Å². The van der Waals surface area contributed by atoms with E-state index in [0.29, 0.717) is 50.3 Å². The Labute approximate surface area is 230 Å². The smallest absolute Gasteiger partial charge is 0.338 e. The van der Waals surface area contributed by atoms with E-state index in [1.807, 2.05) is 0 Å². The molecule has 0 aliphatic rings. The van der Waals surface area contributed by atoms with Crippen LogP contribution in [0.15, 0.2) is 93.5 Å². The molecule has 0 spiro atoms. The molecule has 0 saturated carbocycles. The number of hydrogen-bond acceptors (Lipinski definition) is 9. The normalized spacial score (nSPS) is 11.8. The number of nitrogens with zero attached hydrogens (tertiary/aromatic N) is 3. The molecule has 1 N–H and O–H groups in total. The van der Waals surface area contributed by atoms with Gasteiger partial charge < -0.3 is 13.6 Å². The fraction of sp³-hybridized carbons (Fsp3) is 0.0690. The van der Waals surface area contributed by atoms with Crippen LogP contribution in [0.4, 0.5) is 9.52 Å². The number of amides is 1. The molecule has 2 aromatic carbocycles. The molecule has 1 atom stereocenters. The Morgan fingerprint density at radius 3 is 2.23 bits per heavy atom. The molecule has 4 aromatic heterocycles. The van der Waals surface area contributed by atoms with Crippen LogP contribution in [-0.2, 0) is 9.53 Å². The molecule has 6 rings (SSSR count). The van der Waals surface area contributed by atoms with Gasteiger partial charge in [-0.3, -0.25) is 10.1 Å². The number of carbonyl (C=O) groups is 2. The highest BCUT2D eigenvalue weighted by atomic mass is 32.1. The van der Waals surface area contributed by atoms with E-state index in [4.69, 9.17) is 13.6 Å². The number of aromatic nitrogens is 3. The summed E-state index contributed by atoms with van der Waals surface area (Å²) in [6.07, 6.45) is 1.97. The van der Waals surface area contributed by atoms with E-state index in [2.05, 4.69) is 20.3 Å². The van der Waals surface area contributed by atoms with Gasteiger partial charge in [0.05, 0.1) is 34.8 Å². The van der Waals surface area contributed by atoms with Gasteiger partial charge in [0.1, 0.15) is 17.2 Å². The van der Waals surface area contributed by atoms with Gasteiger partial charge in [-0.2, -0.15) is 0 Å². The fourth-order valence-corrected chi connectivity index (χ4v) is 4.65. The van der Waals surface area contributed by atoms with Crippen molar-refractivity contribution in [1.82, 2.24) is 15.0 Å². The van der Waals surface area contributed by atoms with Crippen molar-refractivity contribution in [3.05, 3.63) is 96.0 Å². The third kappa shape index (κ3) is 5.09. The lowest BCUT2D eigenvalue weighted by Crippen LogP contribution is -2.30. The fourth-order valence-electron chi connectivity index (χ4n) is 3.93. The maximum atomic E-state index is 13.2. The van der Waals surface area contributed by atoms with Crippen LogP contribution in [0.1, 0.15) is 17.3 Å². The second-order valence-electron chi connectivity index (χ2n) is 8.66. The quantitative estimate of drug-likeness (QED) is 0.219. The van der Waals surface area contributed by atoms with E-state index < -0.39 is 18.0 Å². The number of thiazole rings is 1. The first-order valence-corrected chi connectivity index (χ1v) is 13.0. The van der Waals surface area contributed by atoms with E-state index in [0.717, 1.165) is 0 Å². The zero-order chi connectivity index (χ0) is 27.6. The van der Waals surface area contributed by atoms with Crippen molar-refractivity contribution < 1.29 is 27.6 Å². The number of esters is 1. The predicted octanol–water partition coefficient (Wildman–Crippen LogP) is 6.60. The number of anilines is 1. The molecule has 198 valence electrons. The summed E-state index contributed by atoms with van der Waals surface area (Å²) in [5, 5.41) is 4.71. The van der Waals surface area contributed by atoms with Gasteiger partial charge in [-0.25, -0.2) is 24.1 Å². The second kappa shape index (κ2) is 10.5. The van der Waals surface area contributed by atoms with Crippen LogP contribution in [0.25, 0.3) is 45.2 Å². The van der Waals surface area contributed by atoms with Gasteiger partial charge in [-0.05, 0) is 73.7 Å². The van der Waals surface area contributed by atoms with Crippen molar-refractivity contribution in [2.75, 3.05) is 5.32 Å². The molecule has 1 unspecified atom stereocenters. The Kier molecular flexibility index (Phi) is 6.62. The number of rotatable bonds is 7. The third-order valence-electron chi connectivity index (χ3n) is 5.94. The molecular weight excluding hydrogens is 535 g/mol. The number of halogens is 1. The first-order chi connectivity index (χ1) is 19.4. The molecule has 6 aromatic rings. The summed E-state index contributed by atoms with van der Waals surface area (Å²) in [6.45, 7) is 1.47. The summed E-state index contributed by atoms with van der Waals surface area (Å²) in [6, 6.07) is 17.6. The molecule has 0 bridgehead atoms. The SMILES string of the molecule is CC(OC(=O)c1ccc2nc(-c3ccco3)c(-c3ccco3)nc2c1)C(=O)Nc1nc(-c2ccc(F)cc2)cs1. The highest BCUT2D eigenvalue weighted by molar-refractivity contribution is 7.14. The highest BCUT2D eigenvalue weighted by Gasteiger charge is 2.22. The van der Waals surface area contributed by atoms with Gasteiger partial charge in [0.25, 0.3) is 5.91 Å². The topological polar surface area (TPSA) is 120 Å². The summed E-state index contributed by atoms with van der Waals surface area (Å²) >= 11 is 1.20. The van der Waals surface area contributed by atoms with Crippen LogP contribution in [-0.4, -0.2) is 32.9 Å². The Balaban J connectivity index is 1.18. The number of ether oxygens (including phenoxy) is 1. The molecule has 0 radical (unpaired) electrons. The van der Waals surface area contributed by atoms with Gasteiger partial charge in [0.2, 0.25) is 0 Å². The number of furan rings is 2.